The van der Waals surface area contributed by atoms with E-state index in [0.717, 1.165) is 19.5 Å². The number of benzene rings is 2. The Morgan fingerprint density at radius 1 is 1.00 bits per heavy atom. The highest BCUT2D eigenvalue weighted by atomic mass is 16.7. The molecule has 0 aliphatic carbocycles. The first-order chi connectivity index (χ1) is 14.6. The zero-order valence-electron chi connectivity index (χ0n) is 17.4. The lowest BCUT2D eigenvalue weighted by Gasteiger charge is -2.48. The third kappa shape index (κ3) is 3.65. The van der Waals surface area contributed by atoms with Gasteiger partial charge in [-0.2, -0.15) is 0 Å². The van der Waals surface area contributed by atoms with Crippen molar-refractivity contribution in [2.75, 3.05) is 32.8 Å². The van der Waals surface area contributed by atoms with E-state index in [4.69, 9.17) is 14.2 Å². The average Bonchev–Trinajstić information content (AvgIpc) is 2.79. The van der Waals surface area contributed by atoms with Gasteiger partial charge in [0.15, 0.2) is 5.78 Å². The molecule has 5 rings (SSSR count). The topological polar surface area (TPSA) is 51.2 Å². The van der Waals surface area contributed by atoms with Crippen LogP contribution >= 0.6 is 0 Å². The zero-order valence-corrected chi connectivity index (χ0v) is 17.4. The number of para-hydroxylation sites is 1. The second-order valence-electron chi connectivity index (χ2n) is 8.22. The maximum atomic E-state index is 13.0. The summed E-state index contributed by atoms with van der Waals surface area (Å²) in [6.07, 6.45) is 0.981. The number of rotatable bonds is 4. The van der Waals surface area contributed by atoms with Gasteiger partial charge in [-0.15, -0.1) is 0 Å². The minimum absolute atomic E-state index is 0.0551. The van der Waals surface area contributed by atoms with Gasteiger partial charge in [0.2, 0.25) is 0 Å². The molecule has 6 nitrogen and oxygen atoms in total. The molecule has 2 aromatic carbocycles. The van der Waals surface area contributed by atoms with Gasteiger partial charge in [-0.1, -0.05) is 36.4 Å². The van der Waals surface area contributed by atoms with Crippen LogP contribution in [0.25, 0.3) is 0 Å². The molecule has 0 amide bonds. The van der Waals surface area contributed by atoms with Crippen molar-refractivity contribution < 1.29 is 19.0 Å². The van der Waals surface area contributed by atoms with E-state index in [-0.39, 0.29) is 18.4 Å². The Balaban J connectivity index is 1.41. The molecule has 2 unspecified atom stereocenters. The Morgan fingerprint density at radius 3 is 2.57 bits per heavy atom. The van der Waals surface area contributed by atoms with E-state index in [1.807, 2.05) is 24.3 Å². The highest BCUT2D eigenvalue weighted by Crippen LogP contribution is 2.38. The summed E-state index contributed by atoms with van der Waals surface area (Å²) in [5.41, 5.74) is 3.37. The Labute approximate surface area is 177 Å². The van der Waals surface area contributed by atoms with Crippen LogP contribution in [0.5, 0.6) is 5.75 Å². The normalized spacial score (nSPS) is 25.8. The number of carbonyl (C=O) groups is 1. The number of hydrogen-bond donors (Lipinski definition) is 0. The number of hydrogen-bond acceptors (Lipinski definition) is 6. The fraction of sp³-hybridized carbons (Fsp3) is 0.458. The summed E-state index contributed by atoms with van der Waals surface area (Å²) in [5.74, 6) is -0.457. The van der Waals surface area contributed by atoms with E-state index >= 15 is 0 Å². The van der Waals surface area contributed by atoms with Gasteiger partial charge in [0, 0.05) is 26.2 Å². The van der Waals surface area contributed by atoms with Crippen LogP contribution in [0.3, 0.4) is 0 Å². The first-order valence-corrected chi connectivity index (χ1v) is 10.8. The van der Waals surface area contributed by atoms with Crippen LogP contribution in [0, 0.1) is 0 Å². The number of nitrogens with zero attached hydrogens (tertiary/aromatic N) is 2. The molecule has 3 aliphatic heterocycles. The highest BCUT2D eigenvalue weighted by Gasteiger charge is 2.49. The van der Waals surface area contributed by atoms with Crippen LogP contribution in [-0.2, 0) is 22.4 Å². The van der Waals surface area contributed by atoms with E-state index in [0.29, 0.717) is 37.6 Å². The molecule has 0 aromatic heterocycles. The van der Waals surface area contributed by atoms with Crippen LogP contribution in [0.15, 0.2) is 48.5 Å². The molecule has 0 saturated carbocycles. The Hall–Kier alpha value is -2.25. The molecular formula is C24H28N2O4. The minimum atomic E-state index is -1.11. The second-order valence-corrected chi connectivity index (χ2v) is 8.22. The quantitative estimate of drug-likeness (QED) is 0.775. The number of fused-ring (bicyclic) bond motifs is 2. The van der Waals surface area contributed by atoms with E-state index < -0.39 is 5.91 Å². The van der Waals surface area contributed by atoms with Crippen molar-refractivity contribution in [1.29, 1.82) is 0 Å². The zero-order chi connectivity index (χ0) is 20.6. The van der Waals surface area contributed by atoms with Crippen molar-refractivity contribution in [1.82, 2.24) is 9.80 Å². The minimum Gasteiger partial charge on any atom is -0.447 e. The summed E-state index contributed by atoms with van der Waals surface area (Å²) in [6, 6.07) is 16.0. The Kier molecular flexibility index (Phi) is 5.33. The van der Waals surface area contributed by atoms with Crippen molar-refractivity contribution in [3.05, 3.63) is 65.2 Å². The molecule has 2 aromatic rings. The van der Waals surface area contributed by atoms with Gasteiger partial charge >= 0.3 is 0 Å². The molecule has 0 bridgehead atoms. The summed E-state index contributed by atoms with van der Waals surface area (Å²) in [5, 5.41) is 0. The molecule has 3 heterocycles. The predicted octanol–water partition coefficient (Wildman–Crippen LogP) is 3.06. The van der Waals surface area contributed by atoms with E-state index in [9.17, 15) is 4.79 Å². The average molecular weight is 408 g/mol. The first-order valence-electron chi connectivity index (χ1n) is 10.8. The molecule has 0 N–H and O–H groups in total. The number of ether oxygens (including phenoxy) is 3. The summed E-state index contributed by atoms with van der Waals surface area (Å²) in [4.78, 5) is 17.5. The Morgan fingerprint density at radius 2 is 1.73 bits per heavy atom. The molecule has 30 heavy (non-hydrogen) atoms. The number of morpholine rings is 1. The highest BCUT2D eigenvalue weighted by molar-refractivity contribution is 6.00. The summed E-state index contributed by atoms with van der Waals surface area (Å²) < 4.78 is 18.7. The van der Waals surface area contributed by atoms with Gasteiger partial charge in [0.05, 0.1) is 25.2 Å². The van der Waals surface area contributed by atoms with Gasteiger partial charge in [0.1, 0.15) is 12.0 Å². The van der Waals surface area contributed by atoms with E-state index in [1.165, 1.54) is 11.1 Å². The van der Waals surface area contributed by atoms with Gasteiger partial charge in [-0.3, -0.25) is 9.69 Å². The van der Waals surface area contributed by atoms with Crippen molar-refractivity contribution in [2.45, 2.75) is 38.4 Å². The molecule has 158 valence electrons. The lowest BCUT2D eigenvalue weighted by atomic mass is 9.99. The van der Waals surface area contributed by atoms with Gasteiger partial charge in [0.25, 0.3) is 5.91 Å². The van der Waals surface area contributed by atoms with Gasteiger partial charge in [-0.05, 0) is 36.6 Å². The van der Waals surface area contributed by atoms with Crippen LogP contribution in [0.2, 0.25) is 0 Å². The monoisotopic (exact) mass is 408 g/mol. The second kappa shape index (κ2) is 8.12. The summed E-state index contributed by atoms with van der Waals surface area (Å²) in [6.45, 7) is 6.37. The van der Waals surface area contributed by atoms with Crippen molar-refractivity contribution in [2.24, 2.45) is 0 Å². The fourth-order valence-electron chi connectivity index (χ4n) is 4.68. The number of Topliss-reactive ketones (excluding diaryl/α,β-unsaturated/α-hetero) is 1. The van der Waals surface area contributed by atoms with Gasteiger partial charge in [-0.25, -0.2) is 4.90 Å². The molecule has 2 atom stereocenters. The maximum Gasteiger partial charge on any atom is 0.282 e. The SMILES string of the molecule is CC(OC1(N2CCOCC2)CC(=O)c2ccccc2O1)N1CCc2ccccc2C1. The third-order valence-electron chi connectivity index (χ3n) is 6.36. The van der Waals surface area contributed by atoms with Crippen molar-refractivity contribution >= 4 is 5.78 Å². The van der Waals surface area contributed by atoms with Crippen molar-refractivity contribution in [3.63, 3.8) is 0 Å². The van der Waals surface area contributed by atoms with Crippen LogP contribution in [0.1, 0.15) is 34.8 Å². The molecule has 3 aliphatic rings. The molecule has 1 saturated heterocycles. The summed E-state index contributed by atoms with van der Waals surface area (Å²) >= 11 is 0. The molecular weight excluding hydrogens is 380 g/mol. The third-order valence-corrected chi connectivity index (χ3v) is 6.36. The number of carbonyl (C=O) groups excluding carboxylic acids is 1. The number of ketones is 1. The maximum absolute atomic E-state index is 13.0. The van der Waals surface area contributed by atoms with E-state index in [2.05, 4.69) is 41.0 Å². The largest absolute Gasteiger partial charge is 0.447 e. The van der Waals surface area contributed by atoms with E-state index in [1.54, 1.807) is 0 Å². The van der Waals surface area contributed by atoms with Gasteiger partial charge < -0.3 is 14.2 Å². The first kappa shape index (κ1) is 19.7. The molecule has 0 spiro atoms. The smallest absolute Gasteiger partial charge is 0.282 e. The molecule has 1 fully saturated rings. The predicted molar refractivity (Wildman–Crippen MR) is 112 cm³/mol. The summed E-state index contributed by atoms with van der Waals surface area (Å²) in [7, 11) is 0. The molecule has 0 radical (unpaired) electrons. The van der Waals surface area contributed by atoms with Crippen LogP contribution in [0.4, 0.5) is 0 Å². The standard InChI is InChI=1S/C24H28N2O4/c1-18(25-11-10-19-6-2-3-7-20(19)17-25)29-24(26-12-14-28-15-13-26)16-22(27)21-8-4-5-9-23(21)30-24/h2-9,18H,10-17H2,1H3. The fourth-order valence-corrected chi connectivity index (χ4v) is 4.68. The lowest BCUT2D eigenvalue weighted by molar-refractivity contribution is -0.320. The lowest BCUT2D eigenvalue weighted by Crippen LogP contribution is -2.63. The van der Waals surface area contributed by atoms with Crippen LogP contribution < -0.4 is 4.74 Å². The van der Waals surface area contributed by atoms with Crippen molar-refractivity contribution in [3.8, 4) is 5.75 Å². The Bertz CT molecular complexity index is 927. The van der Waals surface area contributed by atoms with Crippen LogP contribution in [-0.4, -0.2) is 60.6 Å². The molecule has 6 heteroatoms.